The van der Waals surface area contributed by atoms with Crippen LogP contribution >= 0.6 is 0 Å². The molecule has 0 unspecified atom stereocenters. The van der Waals surface area contributed by atoms with Crippen molar-refractivity contribution in [3.05, 3.63) is 29.8 Å². The molecule has 2 saturated carbocycles. The quantitative estimate of drug-likeness (QED) is 0.607. The Morgan fingerprint density at radius 3 is 2.00 bits per heavy atom. The molecule has 0 aliphatic heterocycles. The second-order valence-electron chi connectivity index (χ2n) is 7.86. The van der Waals surface area contributed by atoms with E-state index in [1.54, 1.807) is 0 Å². The highest BCUT2D eigenvalue weighted by atomic mass is 19.1. The summed E-state index contributed by atoms with van der Waals surface area (Å²) in [7, 11) is 0. The van der Waals surface area contributed by atoms with Crippen molar-refractivity contribution < 1.29 is 13.5 Å². The van der Waals surface area contributed by atoms with Crippen LogP contribution in [0.15, 0.2) is 18.2 Å². The molecule has 2 aliphatic rings. The number of rotatable bonds is 5. The lowest BCUT2D eigenvalue weighted by atomic mass is 9.69. The molecule has 1 aromatic carbocycles. The number of ether oxygens (including phenoxy) is 1. The summed E-state index contributed by atoms with van der Waals surface area (Å²) < 4.78 is 32.1. The average molecular weight is 336 g/mol. The fraction of sp³-hybridized carbons (Fsp3) is 0.714. The van der Waals surface area contributed by atoms with Crippen LogP contribution in [-0.4, -0.2) is 6.61 Å². The first-order valence-corrected chi connectivity index (χ1v) is 9.73. The van der Waals surface area contributed by atoms with Crippen LogP contribution in [0.3, 0.4) is 0 Å². The highest BCUT2D eigenvalue weighted by molar-refractivity contribution is 5.24. The van der Waals surface area contributed by atoms with Gasteiger partial charge in [0.1, 0.15) is 5.82 Å². The van der Waals surface area contributed by atoms with Crippen LogP contribution in [0.1, 0.15) is 64.7 Å². The second kappa shape index (κ2) is 8.31. The SMILES string of the molecule is CCC1CCC(C2CCC(COc3ccc(F)cc3F)CC2)CC1. The Hall–Kier alpha value is -1.12. The minimum absolute atomic E-state index is 0.177. The van der Waals surface area contributed by atoms with E-state index in [1.165, 1.54) is 69.9 Å². The van der Waals surface area contributed by atoms with Crippen LogP contribution in [0.25, 0.3) is 0 Å². The van der Waals surface area contributed by atoms with Gasteiger partial charge >= 0.3 is 0 Å². The molecule has 1 aromatic rings. The number of hydrogen-bond acceptors (Lipinski definition) is 1. The third kappa shape index (κ3) is 4.49. The van der Waals surface area contributed by atoms with E-state index in [-0.39, 0.29) is 5.75 Å². The first-order chi connectivity index (χ1) is 11.7. The molecule has 0 bridgehead atoms. The number of benzene rings is 1. The van der Waals surface area contributed by atoms with Gasteiger partial charge in [-0.05, 0) is 74.3 Å². The largest absolute Gasteiger partial charge is 0.490 e. The predicted molar refractivity (Wildman–Crippen MR) is 93.0 cm³/mol. The average Bonchev–Trinajstić information content (AvgIpc) is 2.62. The molecule has 2 aliphatic carbocycles. The molecule has 0 amide bonds. The van der Waals surface area contributed by atoms with Gasteiger partial charge in [-0.25, -0.2) is 8.78 Å². The summed E-state index contributed by atoms with van der Waals surface area (Å²) in [4.78, 5) is 0. The van der Waals surface area contributed by atoms with Gasteiger partial charge in [0.05, 0.1) is 6.61 Å². The summed E-state index contributed by atoms with van der Waals surface area (Å²) in [6.45, 7) is 2.87. The third-order valence-electron chi connectivity index (χ3n) is 6.40. The van der Waals surface area contributed by atoms with Crippen molar-refractivity contribution in [1.82, 2.24) is 0 Å². The molecule has 0 atom stereocenters. The summed E-state index contributed by atoms with van der Waals surface area (Å²) in [6, 6.07) is 3.53. The summed E-state index contributed by atoms with van der Waals surface area (Å²) in [5.41, 5.74) is 0. The van der Waals surface area contributed by atoms with E-state index in [9.17, 15) is 8.78 Å². The molecular weight excluding hydrogens is 306 g/mol. The summed E-state index contributed by atoms with van der Waals surface area (Å²) >= 11 is 0. The van der Waals surface area contributed by atoms with E-state index in [0.717, 1.165) is 23.8 Å². The van der Waals surface area contributed by atoms with Crippen LogP contribution in [-0.2, 0) is 0 Å². The van der Waals surface area contributed by atoms with Crippen LogP contribution in [0.5, 0.6) is 5.75 Å². The van der Waals surface area contributed by atoms with Gasteiger partial charge in [0.15, 0.2) is 11.6 Å². The van der Waals surface area contributed by atoms with Gasteiger partial charge < -0.3 is 4.74 Å². The Bertz CT molecular complexity index is 515. The van der Waals surface area contributed by atoms with Crippen molar-refractivity contribution >= 4 is 0 Å². The molecule has 0 N–H and O–H groups in total. The standard InChI is InChI=1S/C21H30F2O/c1-2-15-3-7-17(8-4-15)18-9-5-16(6-10-18)14-24-21-12-11-19(22)13-20(21)23/h11-13,15-18H,2-10,14H2,1H3. The first-order valence-electron chi connectivity index (χ1n) is 9.73. The maximum Gasteiger partial charge on any atom is 0.167 e. The molecule has 2 fully saturated rings. The van der Waals surface area contributed by atoms with Crippen molar-refractivity contribution in [2.45, 2.75) is 64.7 Å². The zero-order valence-corrected chi connectivity index (χ0v) is 14.8. The van der Waals surface area contributed by atoms with Gasteiger partial charge in [0, 0.05) is 6.07 Å². The van der Waals surface area contributed by atoms with Crippen LogP contribution in [0.2, 0.25) is 0 Å². The molecule has 0 aromatic heterocycles. The summed E-state index contributed by atoms with van der Waals surface area (Å²) in [5, 5.41) is 0. The maximum atomic E-state index is 13.6. The van der Waals surface area contributed by atoms with E-state index in [4.69, 9.17) is 4.74 Å². The third-order valence-corrected chi connectivity index (χ3v) is 6.40. The topological polar surface area (TPSA) is 9.23 Å². The van der Waals surface area contributed by atoms with Crippen molar-refractivity contribution in [1.29, 1.82) is 0 Å². The van der Waals surface area contributed by atoms with Gasteiger partial charge in [-0.2, -0.15) is 0 Å². The molecule has 0 spiro atoms. The van der Waals surface area contributed by atoms with Crippen LogP contribution in [0.4, 0.5) is 8.78 Å². The van der Waals surface area contributed by atoms with Gasteiger partial charge in [-0.15, -0.1) is 0 Å². The lowest BCUT2D eigenvalue weighted by Crippen LogP contribution is -2.27. The Balaban J connectivity index is 1.41. The van der Waals surface area contributed by atoms with Crippen molar-refractivity contribution in [2.24, 2.45) is 23.7 Å². The van der Waals surface area contributed by atoms with Crippen molar-refractivity contribution in [2.75, 3.05) is 6.61 Å². The Kier molecular flexibility index (Phi) is 6.13. The lowest BCUT2D eigenvalue weighted by Gasteiger charge is -2.37. The molecule has 0 radical (unpaired) electrons. The van der Waals surface area contributed by atoms with E-state index < -0.39 is 11.6 Å². The number of halogens is 2. The molecule has 1 nitrogen and oxygen atoms in total. The van der Waals surface area contributed by atoms with E-state index in [0.29, 0.717) is 12.5 Å². The van der Waals surface area contributed by atoms with Gasteiger partial charge in [-0.1, -0.05) is 26.2 Å². The molecule has 3 heteroatoms. The minimum atomic E-state index is -0.601. The normalized spacial score (nSPS) is 31.0. The van der Waals surface area contributed by atoms with E-state index >= 15 is 0 Å². The maximum absolute atomic E-state index is 13.6. The van der Waals surface area contributed by atoms with E-state index in [1.807, 2.05) is 0 Å². The monoisotopic (exact) mass is 336 g/mol. The molecular formula is C21H30F2O. The molecule has 3 rings (SSSR count). The summed E-state index contributed by atoms with van der Waals surface area (Å²) in [6.07, 6.45) is 12.0. The van der Waals surface area contributed by atoms with Crippen LogP contribution < -0.4 is 4.74 Å². The van der Waals surface area contributed by atoms with Crippen molar-refractivity contribution in [3.8, 4) is 5.75 Å². The molecule has 24 heavy (non-hydrogen) atoms. The molecule has 134 valence electrons. The van der Waals surface area contributed by atoms with Crippen LogP contribution in [0, 0.1) is 35.3 Å². The first kappa shape index (κ1) is 17.7. The number of hydrogen-bond donors (Lipinski definition) is 0. The smallest absolute Gasteiger partial charge is 0.167 e. The zero-order valence-electron chi connectivity index (χ0n) is 14.8. The zero-order chi connectivity index (χ0) is 16.9. The van der Waals surface area contributed by atoms with Gasteiger partial charge in [-0.3, -0.25) is 0 Å². The van der Waals surface area contributed by atoms with Gasteiger partial charge in [0.25, 0.3) is 0 Å². The second-order valence-corrected chi connectivity index (χ2v) is 7.86. The molecule has 0 heterocycles. The Morgan fingerprint density at radius 2 is 1.46 bits per heavy atom. The fourth-order valence-electron chi connectivity index (χ4n) is 4.69. The lowest BCUT2D eigenvalue weighted by molar-refractivity contribution is 0.121. The fourth-order valence-corrected chi connectivity index (χ4v) is 4.69. The Labute approximate surface area is 144 Å². The predicted octanol–water partition coefficient (Wildman–Crippen LogP) is 6.37. The highest BCUT2D eigenvalue weighted by Crippen LogP contribution is 2.42. The van der Waals surface area contributed by atoms with Gasteiger partial charge in [0.2, 0.25) is 0 Å². The minimum Gasteiger partial charge on any atom is -0.490 e. The highest BCUT2D eigenvalue weighted by Gasteiger charge is 2.30. The van der Waals surface area contributed by atoms with E-state index in [2.05, 4.69) is 6.92 Å². The summed E-state index contributed by atoms with van der Waals surface area (Å²) in [5.74, 6) is 2.33. The van der Waals surface area contributed by atoms with Crippen molar-refractivity contribution in [3.63, 3.8) is 0 Å². The Morgan fingerprint density at radius 1 is 0.875 bits per heavy atom. The molecule has 0 saturated heterocycles.